The normalized spacial score (nSPS) is 23.0. The predicted octanol–water partition coefficient (Wildman–Crippen LogP) is 4.24. The summed E-state index contributed by atoms with van der Waals surface area (Å²) in [5, 5.41) is 2.48. The number of nitrogens with two attached hydrogens (primary N) is 1. The Kier molecular flexibility index (Phi) is 6.23. The molecule has 3 nitrogen and oxygen atoms in total. The van der Waals surface area contributed by atoms with Gasteiger partial charge in [0.25, 0.3) is 0 Å². The molecule has 1 saturated heterocycles. The van der Waals surface area contributed by atoms with Crippen molar-refractivity contribution in [2.24, 2.45) is 0 Å². The molecule has 1 fully saturated rings. The maximum atomic E-state index is 6.05. The second kappa shape index (κ2) is 8.45. The first-order valence-corrected chi connectivity index (χ1v) is 10.1. The monoisotopic (exact) mass is 368 g/mol. The Hall–Kier alpha value is -1.84. The van der Waals surface area contributed by atoms with Gasteiger partial charge in [0.05, 0.1) is 19.3 Å². The zero-order chi connectivity index (χ0) is 19.3. The van der Waals surface area contributed by atoms with Crippen molar-refractivity contribution in [3.8, 4) is 5.75 Å². The molecule has 0 aromatic heterocycles. The van der Waals surface area contributed by atoms with Gasteiger partial charge in [-0.1, -0.05) is 42.5 Å². The Morgan fingerprint density at radius 3 is 2.41 bits per heavy atom. The molecule has 0 radical (unpaired) electrons. The summed E-state index contributed by atoms with van der Waals surface area (Å²) in [6.45, 7) is 8.68. The third-order valence-electron chi connectivity index (χ3n) is 6.01. The second-order valence-electron chi connectivity index (χ2n) is 8.52. The standard InChI is InChI=1S/C24H33NO2/c1-19(20-8-6-5-7-9-20)25-16-14-24(15-17-27-23(2,3)18-24)21-10-12-22(26-4)13-11-21/h5-13,19,25H,14-18H2,1-4H3/p+1/t19-,24-/m1/s1. The minimum Gasteiger partial charge on any atom is -0.497 e. The van der Waals surface area contributed by atoms with Crippen molar-refractivity contribution in [1.82, 2.24) is 0 Å². The van der Waals surface area contributed by atoms with Gasteiger partial charge in [-0.25, -0.2) is 0 Å². The largest absolute Gasteiger partial charge is 0.497 e. The number of hydrogen-bond acceptors (Lipinski definition) is 2. The van der Waals surface area contributed by atoms with Crippen LogP contribution in [-0.2, 0) is 10.2 Å². The molecule has 0 bridgehead atoms. The molecule has 27 heavy (non-hydrogen) atoms. The summed E-state index contributed by atoms with van der Waals surface area (Å²) in [6, 6.07) is 19.9. The number of benzene rings is 2. The fourth-order valence-corrected chi connectivity index (χ4v) is 4.53. The van der Waals surface area contributed by atoms with E-state index in [-0.39, 0.29) is 11.0 Å². The van der Waals surface area contributed by atoms with Crippen LogP contribution in [0.3, 0.4) is 0 Å². The van der Waals surface area contributed by atoms with Crippen LogP contribution in [0.15, 0.2) is 54.6 Å². The van der Waals surface area contributed by atoms with E-state index in [1.807, 2.05) is 0 Å². The Bertz CT molecular complexity index is 711. The van der Waals surface area contributed by atoms with Crippen molar-refractivity contribution >= 4 is 0 Å². The lowest BCUT2D eigenvalue weighted by Crippen LogP contribution is -2.85. The van der Waals surface area contributed by atoms with Crippen LogP contribution in [0.1, 0.15) is 57.2 Å². The maximum Gasteiger partial charge on any atom is 0.118 e. The van der Waals surface area contributed by atoms with Gasteiger partial charge in [0, 0.05) is 24.0 Å². The van der Waals surface area contributed by atoms with Gasteiger partial charge in [0.15, 0.2) is 0 Å². The molecule has 1 aliphatic rings. The molecule has 0 spiro atoms. The summed E-state index contributed by atoms with van der Waals surface area (Å²) in [5.74, 6) is 0.921. The number of ether oxygens (including phenoxy) is 2. The molecule has 2 aromatic rings. The topological polar surface area (TPSA) is 35.1 Å². The molecule has 3 rings (SSSR count). The van der Waals surface area contributed by atoms with Crippen molar-refractivity contribution < 1.29 is 14.8 Å². The summed E-state index contributed by atoms with van der Waals surface area (Å²) in [6.07, 6.45) is 3.29. The van der Waals surface area contributed by atoms with E-state index in [0.29, 0.717) is 6.04 Å². The van der Waals surface area contributed by atoms with Gasteiger partial charge < -0.3 is 14.8 Å². The third kappa shape index (κ3) is 4.91. The Balaban J connectivity index is 1.74. The zero-order valence-corrected chi connectivity index (χ0v) is 17.2. The van der Waals surface area contributed by atoms with Crippen LogP contribution in [0.2, 0.25) is 0 Å². The third-order valence-corrected chi connectivity index (χ3v) is 6.01. The average molecular weight is 369 g/mol. The fourth-order valence-electron chi connectivity index (χ4n) is 4.53. The van der Waals surface area contributed by atoms with Gasteiger partial charge >= 0.3 is 0 Å². The minimum atomic E-state index is -0.0801. The van der Waals surface area contributed by atoms with Crippen molar-refractivity contribution in [3.05, 3.63) is 65.7 Å². The SMILES string of the molecule is COc1ccc([C@]2(CC[NH2+][C@H](C)c3ccccc3)CCOC(C)(C)C2)cc1. The van der Waals surface area contributed by atoms with E-state index < -0.39 is 0 Å². The van der Waals surface area contributed by atoms with Gasteiger partial charge in [-0.05, 0) is 51.3 Å². The molecule has 0 amide bonds. The number of quaternary nitrogens is 1. The molecule has 0 saturated carbocycles. The molecule has 2 atom stereocenters. The van der Waals surface area contributed by atoms with E-state index in [4.69, 9.17) is 9.47 Å². The first-order chi connectivity index (χ1) is 12.9. The highest BCUT2D eigenvalue weighted by Gasteiger charge is 2.42. The molecular formula is C24H34NO2+. The molecule has 0 aliphatic carbocycles. The molecule has 1 aliphatic heterocycles. The molecule has 0 unspecified atom stereocenters. The van der Waals surface area contributed by atoms with Crippen molar-refractivity contribution in [1.29, 1.82) is 0 Å². The Morgan fingerprint density at radius 2 is 1.78 bits per heavy atom. The van der Waals surface area contributed by atoms with E-state index in [1.54, 1.807) is 7.11 Å². The molecule has 2 aromatic carbocycles. The van der Waals surface area contributed by atoms with Gasteiger partial charge in [0.2, 0.25) is 0 Å². The lowest BCUT2D eigenvalue weighted by Gasteiger charge is -2.45. The van der Waals surface area contributed by atoms with Crippen LogP contribution in [0.25, 0.3) is 0 Å². The number of hydrogen-bond donors (Lipinski definition) is 1. The quantitative estimate of drug-likeness (QED) is 0.793. The summed E-state index contributed by atoms with van der Waals surface area (Å²) in [5.41, 5.74) is 2.90. The van der Waals surface area contributed by atoms with Crippen molar-refractivity contribution in [3.63, 3.8) is 0 Å². The summed E-state index contributed by atoms with van der Waals surface area (Å²) < 4.78 is 11.4. The van der Waals surface area contributed by atoms with Gasteiger partial charge in [-0.3, -0.25) is 0 Å². The number of rotatable bonds is 7. The van der Waals surface area contributed by atoms with E-state index in [0.717, 1.165) is 38.2 Å². The molecular weight excluding hydrogens is 334 g/mol. The second-order valence-corrected chi connectivity index (χ2v) is 8.52. The highest BCUT2D eigenvalue weighted by atomic mass is 16.5. The maximum absolute atomic E-state index is 6.05. The first kappa shape index (κ1) is 19.9. The van der Waals surface area contributed by atoms with Gasteiger partial charge in [-0.2, -0.15) is 0 Å². The molecule has 3 heteroatoms. The summed E-state index contributed by atoms with van der Waals surface area (Å²) in [7, 11) is 1.72. The lowest BCUT2D eigenvalue weighted by atomic mass is 9.67. The van der Waals surface area contributed by atoms with Crippen LogP contribution in [0.5, 0.6) is 5.75 Å². The van der Waals surface area contributed by atoms with Crippen LogP contribution < -0.4 is 10.1 Å². The van der Waals surface area contributed by atoms with Gasteiger partial charge in [0.1, 0.15) is 11.8 Å². The molecule has 146 valence electrons. The smallest absolute Gasteiger partial charge is 0.118 e. The van der Waals surface area contributed by atoms with E-state index in [2.05, 4.69) is 80.7 Å². The van der Waals surface area contributed by atoms with Crippen LogP contribution in [-0.4, -0.2) is 25.9 Å². The van der Waals surface area contributed by atoms with Gasteiger partial charge in [-0.15, -0.1) is 0 Å². The predicted molar refractivity (Wildman–Crippen MR) is 110 cm³/mol. The summed E-state index contributed by atoms with van der Waals surface area (Å²) in [4.78, 5) is 0. The lowest BCUT2D eigenvalue weighted by molar-refractivity contribution is -0.693. The summed E-state index contributed by atoms with van der Waals surface area (Å²) >= 11 is 0. The highest BCUT2D eigenvalue weighted by molar-refractivity contribution is 5.33. The Morgan fingerprint density at radius 1 is 1.07 bits per heavy atom. The van der Waals surface area contributed by atoms with Crippen molar-refractivity contribution in [2.45, 2.75) is 57.1 Å². The Labute approximate surface area is 164 Å². The minimum absolute atomic E-state index is 0.0801. The molecule has 2 N–H and O–H groups in total. The average Bonchev–Trinajstić information content (AvgIpc) is 2.68. The van der Waals surface area contributed by atoms with E-state index in [1.165, 1.54) is 11.1 Å². The highest BCUT2D eigenvalue weighted by Crippen LogP contribution is 2.44. The van der Waals surface area contributed by atoms with Crippen molar-refractivity contribution in [2.75, 3.05) is 20.3 Å². The van der Waals surface area contributed by atoms with E-state index >= 15 is 0 Å². The van der Waals surface area contributed by atoms with Crippen LogP contribution in [0, 0.1) is 0 Å². The zero-order valence-electron chi connectivity index (χ0n) is 17.2. The van der Waals surface area contributed by atoms with E-state index in [9.17, 15) is 0 Å². The molecule has 1 heterocycles. The number of methoxy groups -OCH3 is 1. The first-order valence-electron chi connectivity index (χ1n) is 10.1. The van der Waals surface area contributed by atoms with Crippen LogP contribution in [0.4, 0.5) is 0 Å². The fraction of sp³-hybridized carbons (Fsp3) is 0.500. The van der Waals surface area contributed by atoms with Crippen LogP contribution >= 0.6 is 0 Å².